The zero-order valence-corrected chi connectivity index (χ0v) is 9.22. The van der Waals surface area contributed by atoms with Crippen LogP contribution in [-0.2, 0) is 0 Å². The number of benzene rings is 2. The fraction of sp³-hybridized carbons (Fsp3) is 0. The molecule has 2 aromatic rings. The van der Waals surface area contributed by atoms with E-state index in [4.69, 9.17) is 22.5 Å². The monoisotopic (exact) mass is 228 g/mol. The van der Waals surface area contributed by atoms with Gasteiger partial charge in [0.2, 0.25) is 4.91 Å². The Morgan fingerprint density at radius 2 is 0.882 bits per heavy atom. The second-order valence-electron chi connectivity index (χ2n) is 3.36. The summed E-state index contributed by atoms with van der Waals surface area (Å²) in [6.45, 7) is 0. The molecule has 5 nitrogen and oxygen atoms in total. The highest BCUT2D eigenvalue weighted by Crippen LogP contribution is 2.21. The molecule has 2 rings (SSSR count). The van der Waals surface area contributed by atoms with Gasteiger partial charge in [0.15, 0.2) is 0 Å². The largest absolute Gasteiger partial charge is 0.399 e. The lowest BCUT2D eigenvalue weighted by atomic mass is 10.1. The van der Waals surface area contributed by atoms with E-state index in [9.17, 15) is 0 Å². The van der Waals surface area contributed by atoms with Crippen LogP contribution in [0.4, 0.5) is 11.4 Å². The van der Waals surface area contributed by atoms with Gasteiger partial charge in [-0.05, 0) is 35.4 Å². The van der Waals surface area contributed by atoms with Crippen molar-refractivity contribution >= 4 is 11.4 Å². The standard InChI is InChI=1S/C12H12N2.H2N3/c13-11-5-1-9(2-6-11)10-3-7-12(14)8-4-10;1-3-2/h1-8H,13-14H2;1-2H/q;+1. The SMILES string of the molecule is N=[N+]=N.Nc1ccc(-c2ccc(N)cc2)cc1. The number of nitrogens with zero attached hydrogens (tertiary/aromatic N) is 1. The van der Waals surface area contributed by atoms with E-state index >= 15 is 0 Å². The summed E-state index contributed by atoms with van der Waals surface area (Å²) in [4.78, 5) is 2.00. The Morgan fingerprint density at radius 3 is 1.12 bits per heavy atom. The molecule has 0 spiro atoms. The summed E-state index contributed by atoms with van der Waals surface area (Å²) in [5.41, 5.74) is 26.1. The van der Waals surface area contributed by atoms with Crippen LogP contribution in [0.25, 0.3) is 11.1 Å². The van der Waals surface area contributed by atoms with Gasteiger partial charge < -0.3 is 11.5 Å². The third kappa shape index (κ3) is 3.77. The van der Waals surface area contributed by atoms with Crippen molar-refractivity contribution in [2.45, 2.75) is 0 Å². The lowest BCUT2D eigenvalue weighted by Crippen LogP contribution is -1.85. The Labute approximate surface area is 99.1 Å². The van der Waals surface area contributed by atoms with Crippen molar-refractivity contribution in [1.29, 1.82) is 11.1 Å². The minimum atomic E-state index is 0.782. The topological polar surface area (TPSA) is 114 Å². The average molecular weight is 228 g/mol. The third-order valence-electron chi connectivity index (χ3n) is 2.15. The molecule has 0 unspecified atom stereocenters. The number of nitrogen functional groups attached to an aromatic ring is 2. The number of hydrogen-bond donors (Lipinski definition) is 4. The van der Waals surface area contributed by atoms with Crippen LogP contribution in [0.3, 0.4) is 0 Å². The zero-order chi connectivity index (χ0) is 12.7. The molecule has 17 heavy (non-hydrogen) atoms. The number of hydrogen-bond acceptors (Lipinski definition) is 4. The highest BCUT2D eigenvalue weighted by molar-refractivity contribution is 5.67. The molecule has 0 fully saturated rings. The summed E-state index contributed by atoms with van der Waals surface area (Å²) in [5, 5.41) is 0. The molecule has 0 aliphatic heterocycles. The van der Waals surface area contributed by atoms with Gasteiger partial charge in [0.05, 0.1) is 0 Å². The summed E-state index contributed by atoms with van der Waals surface area (Å²) in [7, 11) is 0. The van der Waals surface area contributed by atoms with E-state index in [2.05, 4.69) is 0 Å². The van der Waals surface area contributed by atoms with Gasteiger partial charge in [-0.15, -0.1) is 0 Å². The number of nitrogens with two attached hydrogens (primary N) is 2. The van der Waals surface area contributed by atoms with Gasteiger partial charge in [-0.25, -0.2) is 0 Å². The molecule has 2 aromatic carbocycles. The summed E-state index contributed by atoms with van der Waals surface area (Å²) in [6.07, 6.45) is 0. The summed E-state index contributed by atoms with van der Waals surface area (Å²) >= 11 is 0. The average Bonchev–Trinajstić information content (AvgIpc) is 2.32. The maximum absolute atomic E-state index is 5.61. The Hall–Kier alpha value is -2.65. The lowest BCUT2D eigenvalue weighted by Gasteiger charge is -2.02. The molecule has 0 saturated carbocycles. The van der Waals surface area contributed by atoms with Crippen molar-refractivity contribution in [3.05, 3.63) is 48.5 Å². The number of rotatable bonds is 1. The van der Waals surface area contributed by atoms with E-state index < -0.39 is 0 Å². The Bertz CT molecular complexity index is 452. The van der Waals surface area contributed by atoms with Crippen LogP contribution in [0.2, 0.25) is 0 Å². The molecule has 0 aliphatic carbocycles. The third-order valence-corrected chi connectivity index (χ3v) is 2.15. The number of anilines is 2. The van der Waals surface area contributed by atoms with Crippen LogP contribution in [-0.4, -0.2) is 0 Å². The van der Waals surface area contributed by atoms with E-state index in [1.165, 1.54) is 0 Å². The quantitative estimate of drug-likeness (QED) is 0.341. The molecule has 6 N–H and O–H groups in total. The van der Waals surface area contributed by atoms with Gasteiger partial charge in [0, 0.05) is 11.4 Å². The maximum Gasteiger partial charge on any atom is 0.211 e. The minimum Gasteiger partial charge on any atom is -0.399 e. The minimum absolute atomic E-state index is 0.782. The van der Waals surface area contributed by atoms with Crippen LogP contribution >= 0.6 is 0 Å². The van der Waals surface area contributed by atoms with E-state index in [1.807, 2.05) is 53.4 Å². The van der Waals surface area contributed by atoms with E-state index in [1.54, 1.807) is 0 Å². The van der Waals surface area contributed by atoms with Gasteiger partial charge in [0.1, 0.15) is 11.1 Å². The molecule has 0 amide bonds. The highest BCUT2D eigenvalue weighted by Gasteiger charge is 1.95. The first-order chi connectivity index (χ1) is 8.17. The fourth-order valence-electron chi connectivity index (χ4n) is 1.35. The fourth-order valence-corrected chi connectivity index (χ4v) is 1.35. The predicted octanol–water partition coefficient (Wildman–Crippen LogP) is 2.63. The molecule has 0 saturated heterocycles. The first kappa shape index (κ1) is 12.4. The van der Waals surface area contributed by atoms with Gasteiger partial charge >= 0.3 is 0 Å². The molecule has 0 bridgehead atoms. The second kappa shape index (κ2) is 6.05. The van der Waals surface area contributed by atoms with Crippen LogP contribution in [0.5, 0.6) is 0 Å². The van der Waals surface area contributed by atoms with Crippen molar-refractivity contribution in [3.8, 4) is 11.1 Å². The predicted molar refractivity (Wildman–Crippen MR) is 68.3 cm³/mol. The first-order valence-corrected chi connectivity index (χ1v) is 4.92. The van der Waals surface area contributed by atoms with E-state index in [0.29, 0.717) is 0 Å². The molecule has 0 heterocycles. The van der Waals surface area contributed by atoms with Crippen LogP contribution < -0.4 is 16.4 Å². The van der Waals surface area contributed by atoms with E-state index in [0.717, 1.165) is 22.5 Å². The molecule has 0 aromatic heterocycles. The van der Waals surface area contributed by atoms with Gasteiger partial charge in [-0.2, -0.15) is 0 Å². The molecule has 0 radical (unpaired) electrons. The smallest absolute Gasteiger partial charge is 0.211 e. The zero-order valence-electron chi connectivity index (χ0n) is 9.22. The Kier molecular flexibility index (Phi) is 4.42. The maximum atomic E-state index is 5.61. The van der Waals surface area contributed by atoms with Crippen molar-refractivity contribution in [2.24, 2.45) is 0 Å². The summed E-state index contributed by atoms with van der Waals surface area (Å²) in [5.74, 6) is 0. The van der Waals surface area contributed by atoms with Crippen molar-refractivity contribution in [1.82, 2.24) is 4.91 Å². The van der Waals surface area contributed by atoms with Gasteiger partial charge in [-0.3, -0.25) is 0 Å². The number of nitrogens with one attached hydrogen (secondary N) is 2. The highest BCUT2D eigenvalue weighted by atomic mass is 15.0. The molecule has 0 aliphatic rings. The van der Waals surface area contributed by atoms with Crippen molar-refractivity contribution < 1.29 is 0 Å². The molecule has 5 heteroatoms. The molecular formula is C12H14N5+. The van der Waals surface area contributed by atoms with Crippen molar-refractivity contribution in [3.63, 3.8) is 0 Å². The summed E-state index contributed by atoms with van der Waals surface area (Å²) in [6, 6.07) is 15.6. The van der Waals surface area contributed by atoms with E-state index in [-0.39, 0.29) is 0 Å². The first-order valence-electron chi connectivity index (χ1n) is 4.92. The van der Waals surface area contributed by atoms with Crippen LogP contribution in [0, 0.1) is 11.1 Å². The normalized spacial score (nSPS) is 8.71. The molecule has 86 valence electrons. The molecular weight excluding hydrogens is 214 g/mol. The Balaban J connectivity index is 0.000000437. The van der Waals surface area contributed by atoms with Gasteiger partial charge in [-0.1, -0.05) is 24.3 Å². The Morgan fingerprint density at radius 1 is 0.647 bits per heavy atom. The molecule has 0 atom stereocenters. The van der Waals surface area contributed by atoms with Crippen LogP contribution in [0.1, 0.15) is 0 Å². The van der Waals surface area contributed by atoms with Crippen molar-refractivity contribution in [2.75, 3.05) is 11.5 Å². The van der Waals surface area contributed by atoms with Gasteiger partial charge in [0.25, 0.3) is 0 Å². The second-order valence-corrected chi connectivity index (χ2v) is 3.36. The summed E-state index contributed by atoms with van der Waals surface area (Å²) < 4.78 is 0. The lowest BCUT2D eigenvalue weighted by molar-refractivity contribution is 0.928. The van der Waals surface area contributed by atoms with Crippen LogP contribution in [0.15, 0.2) is 48.5 Å².